The first-order valence-corrected chi connectivity index (χ1v) is 28.9. The fourth-order valence-electron chi connectivity index (χ4n) is 9.31. The van der Waals surface area contributed by atoms with E-state index in [2.05, 4.69) is 48.7 Å². The number of amides is 1. The first kappa shape index (κ1) is 65.3. The zero-order chi connectivity index (χ0) is 50.4. The molecule has 1 fully saturated rings. The van der Waals surface area contributed by atoms with Gasteiger partial charge in [-0.15, -0.1) is 0 Å². The van der Waals surface area contributed by atoms with Gasteiger partial charge in [-0.25, -0.2) is 0 Å². The third-order valence-corrected chi connectivity index (χ3v) is 14.0. The average Bonchev–Trinajstić information content (AvgIpc) is 3.35. The van der Waals surface area contributed by atoms with Crippen molar-refractivity contribution in [2.24, 2.45) is 0 Å². The zero-order valence-corrected chi connectivity index (χ0v) is 44.3. The Morgan fingerprint density at radius 2 is 0.913 bits per heavy atom. The summed E-state index contributed by atoms with van der Waals surface area (Å²) in [5.41, 5.74) is 0. The number of carbonyl (C=O) groups is 1. The zero-order valence-electron chi connectivity index (χ0n) is 44.3. The van der Waals surface area contributed by atoms with E-state index in [0.29, 0.717) is 19.3 Å². The molecule has 1 heterocycles. The van der Waals surface area contributed by atoms with Crippen molar-refractivity contribution >= 4 is 5.91 Å². The first-order valence-electron chi connectivity index (χ1n) is 28.9. The van der Waals surface area contributed by atoms with E-state index in [9.17, 15) is 40.5 Å². The molecular weight excluding hydrogens is 871 g/mol. The fraction of sp³-hybridized carbons (Fsp3) is 0.879. The second kappa shape index (κ2) is 47.3. The molecule has 11 nitrogen and oxygen atoms in total. The van der Waals surface area contributed by atoms with Gasteiger partial charge in [0.15, 0.2) is 6.29 Å². The molecule has 9 unspecified atom stereocenters. The van der Waals surface area contributed by atoms with Gasteiger partial charge in [0, 0.05) is 0 Å². The lowest BCUT2D eigenvalue weighted by atomic mass is 9.98. The molecule has 0 aliphatic carbocycles. The Morgan fingerprint density at radius 3 is 1.32 bits per heavy atom. The predicted octanol–water partition coefficient (Wildman–Crippen LogP) is 11.9. The van der Waals surface area contributed by atoms with Gasteiger partial charge in [0.1, 0.15) is 36.6 Å². The van der Waals surface area contributed by atoms with Crippen LogP contribution in [0.2, 0.25) is 0 Å². The number of ether oxygens (including phenoxy) is 2. The molecule has 9 atom stereocenters. The fourth-order valence-corrected chi connectivity index (χ4v) is 9.31. The lowest BCUT2D eigenvalue weighted by Gasteiger charge is -2.40. The highest BCUT2D eigenvalue weighted by molar-refractivity contribution is 5.80. The van der Waals surface area contributed by atoms with Crippen molar-refractivity contribution in [3.05, 3.63) is 36.5 Å². The summed E-state index contributed by atoms with van der Waals surface area (Å²) in [6, 6.07) is -1.19. The number of aliphatic hydroxyl groups excluding tert-OH is 7. The van der Waals surface area contributed by atoms with Crippen LogP contribution in [0.1, 0.15) is 258 Å². The summed E-state index contributed by atoms with van der Waals surface area (Å²) in [5.74, 6) is -0.710. The molecule has 1 rings (SSSR count). The smallest absolute Gasteiger partial charge is 0.249 e. The third-order valence-electron chi connectivity index (χ3n) is 14.0. The molecule has 0 aromatic rings. The van der Waals surface area contributed by atoms with Crippen LogP contribution in [0.5, 0.6) is 0 Å². The summed E-state index contributed by atoms with van der Waals surface area (Å²) in [7, 11) is 0. The number of unbranched alkanes of at least 4 members (excludes halogenated alkanes) is 32. The quantitative estimate of drug-likeness (QED) is 0.0215. The van der Waals surface area contributed by atoms with Gasteiger partial charge >= 0.3 is 0 Å². The minimum atomic E-state index is -1.67. The molecule has 0 radical (unpaired) electrons. The van der Waals surface area contributed by atoms with Gasteiger partial charge in [0.05, 0.1) is 25.4 Å². The number of hydrogen-bond acceptors (Lipinski definition) is 10. The Morgan fingerprint density at radius 1 is 0.522 bits per heavy atom. The molecule has 1 aliphatic rings. The van der Waals surface area contributed by atoms with Gasteiger partial charge in [0.25, 0.3) is 0 Å². The van der Waals surface area contributed by atoms with Crippen molar-refractivity contribution in [1.82, 2.24) is 5.32 Å². The van der Waals surface area contributed by atoms with E-state index in [1.807, 2.05) is 6.92 Å². The van der Waals surface area contributed by atoms with Crippen LogP contribution in [-0.4, -0.2) is 110 Å². The predicted molar refractivity (Wildman–Crippen MR) is 284 cm³/mol. The topological polar surface area (TPSA) is 189 Å². The van der Waals surface area contributed by atoms with Crippen LogP contribution in [0.25, 0.3) is 0 Å². The largest absolute Gasteiger partial charge is 0.394 e. The van der Waals surface area contributed by atoms with Crippen LogP contribution in [0.15, 0.2) is 36.5 Å². The second-order valence-corrected chi connectivity index (χ2v) is 20.4. The molecule has 11 heteroatoms. The third kappa shape index (κ3) is 36.0. The summed E-state index contributed by atoms with van der Waals surface area (Å²) in [6.45, 7) is 3.23. The number of aliphatic hydroxyl groups is 7. The molecule has 1 aliphatic heterocycles. The minimum Gasteiger partial charge on any atom is -0.394 e. The van der Waals surface area contributed by atoms with Crippen molar-refractivity contribution in [2.75, 3.05) is 13.2 Å². The molecule has 0 aromatic carbocycles. The van der Waals surface area contributed by atoms with Crippen molar-refractivity contribution in [1.29, 1.82) is 0 Å². The maximum atomic E-state index is 13.1. The molecular formula is C58H109NO10. The monoisotopic (exact) mass is 980 g/mol. The molecule has 69 heavy (non-hydrogen) atoms. The minimum absolute atomic E-state index is 0.241. The summed E-state index contributed by atoms with van der Waals surface area (Å²) < 4.78 is 11.1. The number of hydrogen-bond donors (Lipinski definition) is 8. The van der Waals surface area contributed by atoms with Crippen molar-refractivity contribution < 1.29 is 50.0 Å². The average molecular weight is 981 g/mol. The number of allylic oxidation sites excluding steroid dienone is 6. The first-order chi connectivity index (χ1) is 33.7. The summed E-state index contributed by atoms with van der Waals surface area (Å²) in [5, 5.41) is 75.8. The lowest BCUT2D eigenvalue weighted by molar-refractivity contribution is -0.303. The van der Waals surface area contributed by atoms with Gasteiger partial charge in [-0.1, -0.05) is 236 Å². The molecule has 8 N–H and O–H groups in total. The van der Waals surface area contributed by atoms with Crippen LogP contribution in [0.3, 0.4) is 0 Å². The summed E-state index contributed by atoms with van der Waals surface area (Å²) in [4.78, 5) is 13.1. The highest BCUT2D eigenvalue weighted by Crippen LogP contribution is 2.23. The van der Waals surface area contributed by atoms with Crippen molar-refractivity contribution in [3.63, 3.8) is 0 Å². The normalized spacial score (nSPS) is 20.6. The summed E-state index contributed by atoms with van der Waals surface area (Å²) >= 11 is 0. The molecule has 0 bridgehead atoms. The van der Waals surface area contributed by atoms with Gasteiger partial charge in [-0.3, -0.25) is 4.79 Å². The van der Waals surface area contributed by atoms with E-state index in [4.69, 9.17) is 9.47 Å². The van der Waals surface area contributed by atoms with E-state index in [1.165, 1.54) is 167 Å². The number of rotatable bonds is 49. The number of nitrogens with one attached hydrogen (secondary N) is 1. The molecule has 1 saturated heterocycles. The summed E-state index contributed by atoms with van der Waals surface area (Å²) in [6.07, 6.45) is 46.8. The van der Waals surface area contributed by atoms with E-state index in [-0.39, 0.29) is 12.8 Å². The van der Waals surface area contributed by atoms with Crippen LogP contribution >= 0.6 is 0 Å². The van der Waals surface area contributed by atoms with Crippen LogP contribution in [0, 0.1) is 0 Å². The van der Waals surface area contributed by atoms with Gasteiger partial charge in [0.2, 0.25) is 5.91 Å². The van der Waals surface area contributed by atoms with E-state index >= 15 is 0 Å². The molecule has 0 spiro atoms. The van der Waals surface area contributed by atoms with E-state index < -0.39 is 74.2 Å². The molecule has 1 amide bonds. The van der Waals surface area contributed by atoms with Gasteiger partial charge in [-0.2, -0.15) is 0 Å². The van der Waals surface area contributed by atoms with E-state index in [0.717, 1.165) is 44.9 Å². The Hall–Kier alpha value is -1.67. The Bertz CT molecular complexity index is 1210. The number of carbonyl (C=O) groups excluding carboxylic acids is 1. The van der Waals surface area contributed by atoms with Gasteiger partial charge < -0.3 is 50.5 Å². The van der Waals surface area contributed by atoms with Crippen LogP contribution in [0.4, 0.5) is 0 Å². The van der Waals surface area contributed by atoms with Gasteiger partial charge in [-0.05, 0) is 58.3 Å². The van der Waals surface area contributed by atoms with Crippen molar-refractivity contribution in [3.8, 4) is 0 Å². The van der Waals surface area contributed by atoms with Crippen molar-refractivity contribution in [2.45, 2.75) is 313 Å². The molecule has 0 saturated carbocycles. The molecule has 406 valence electrons. The van der Waals surface area contributed by atoms with E-state index in [1.54, 1.807) is 0 Å². The lowest BCUT2D eigenvalue weighted by Crippen LogP contribution is -2.60. The second-order valence-electron chi connectivity index (χ2n) is 20.4. The van der Waals surface area contributed by atoms with Crippen LogP contribution in [-0.2, 0) is 14.3 Å². The Kier molecular flexibility index (Phi) is 44.8. The Balaban J connectivity index is 2.20. The van der Waals surface area contributed by atoms with Crippen LogP contribution < -0.4 is 5.32 Å². The standard InChI is InChI=1S/C58H109NO10/c1-3-5-7-9-11-13-15-17-18-19-20-21-22-23-24-25-26-27-28-29-30-31-32-33-34-36-38-40-42-44-46-51(62)57(67)59-49(48-68-58-56(66)55(65)54(64)52(47-60)69-58)53(63)50(61)45-43-41-39-37-35-16-14-12-10-8-6-4-2/h4,6,12,14,37,39,49-56,58,60-66H,3,5,7-11,13,15-36,38,40-48H2,1-2H3,(H,59,67)/b6-4+,14-12+,39-37+. The maximum absolute atomic E-state index is 13.1. The maximum Gasteiger partial charge on any atom is 0.249 e. The highest BCUT2D eigenvalue weighted by atomic mass is 16.7. The highest BCUT2D eigenvalue weighted by Gasteiger charge is 2.44. The molecule has 0 aromatic heterocycles. The Labute approximate surface area is 422 Å². The SMILES string of the molecule is C/C=C/CC/C=C/CC/C=C/CCCC(O)C(O)C(COC1OC(CO)C(O)C(O)C1O)NC(=O)C(O)CCCCCCCCCCCCCCCCCCCCCCCCCCCCCCCC.